The topological polar surface area (TPSA) is 80.3 Å². The predicted octanol–water partition coefficient (Wildman–Crippen LogP) is 10.4. The fourth-order valence-electron chi connectivity index (χ4n) is 5.34. The maximum absolute atomic E-state index is 11.8. The van der Waals surface area contributed by atoms with Crippen molar-refractivity contribution in [3.8, 4) is 0 Å². The van der Waals surface area contributed by atoms with Gasteiger partial charge in [-0.1, -0.05) is 87.3 Å². The van der Waals surface area contributed by atoms with Crippen LogP contribution in [0, 0.1) is 11.8 Å². The van der Waals surface area contributed by atoms with Gasteiger partial charge in [-0.15, -0.1) is 0 Å². The van der Waals surface area contributed by atoms with E-state index in [-0.39, 0.29) is 57.2 Å². The first-order chi connectivity index (χ1) is 21.1. The van der Waals surface area contributed by atoms with Crippen molar-refractivity contribution in [3.05, 3.63) is 12.2 Å². The molecule has 0 bridgehead atoms. The lowest BCUT2D eigenvalue weighted by atomic mass is 9.90. The minimum atomic E-state index is -2.10. The van der Waals surface area contributed by atoms with Crippen LogP contribution in [0.2, 0.25) is 54.4 Å². The number of carbonyl (C=O) groups excluding carboxylic acids is 2. The first-order valence-electron chi connectivity index (χ1n) is 18.1. The molecule has 1 aliphatic carbocycles. The van der Waals surface area contributed by atoms with Crippen LogP contribution in [-0.4, -0.2) is 68.9 Å². The molecule has 1 unspecified atom stereocenters. The summed E-state index contributed by atoms with van der Waals surface area (Å²) in [7, 11) is -4.81. The Balaban J connectivity index is 3.56. The third-order valence-corrected chi connectivity index (χ3v) is 25.0. The van der Waals surface area contributed by atoms with Crippen LogP contribution in [0.15, 0.2) is 12.2 Å². The zero-order chi connectivity index (χ0) is 36.6. The van der Waals surface area contributed by atoms with Gasteiger partial charge >= 0.3 is 11.9 Å². The minimum Gasteiger partial charge on any atom is -0.469 e. The third kappa shape index (κ3) is 13.8. The van der Waals surface area contributed by atoms with Gasteiger partial charge in [0.05, 0.1) is 32.0 Å². The average Bonchev–Trinajstić information content (AvgIpc) is 3.18. The number of unbranched alkanes of at least 4 members (excludes halogenated alkanes) is 2. The molecule has 1 aliphatic rings. The number of methoxy groups -OCH3 is 1. The maximum atomic E-state index is 11.8. The fraction of sp³-hybridized carbons (Fsp3) is 0.892. The summed E-state index contributed by atoms with van der Waals surface area (Å²) in [5.74, 6) is -0.134. The van der Waals surface area contributed by atoms with Crippen molar-refractivity contribution >= 4 is 36.9 Å². The summed E-state index contributed by atoms with van der Waals surface area (Å²) in [6.07, 6.45) is 10.3. The monoisotopic (exact) mass is 714 g/mol. The number of carbonyl (C=O) groups is 2. The Morgan fingerprint density at radius 2 is 1.28 bits per heavy atom. The Morgan fingerprint density at radius 3 is 1.74 bits per heavy atom. The van der Waals surface area contributed by atoms with Crippen LogP contribution in [0.3, 0.4) is 0 Å². The van der Waals surface area contributed by atoms with Crippen LogP contribution < -0.4 is 0 Å². The van der Waals surface area contributed by atoms with E-state index in [1.807, 2.05) is 0 Å². The summed E-state index contributed by atoms with van der Waals surface area (Å²) in [4.78, 5) is 23.5. The summed E-state index contributed by atoms with van der Waals surface area (Å²) in [5.41, 5.74) is 0. The molecule has 0 saturated heterocycles. The van der Waals surface area contributed by atoms with Crippen molar-refractivity contribution in [1.82, 2.24) is 0 Å². The van der Waals surface area contributed by atoms with Gasteiger partial charge in [0.1, 0.15) is 0 Å². The number of ether oxygens (including phenoxy) is 2. The van der Waals surface area contributed by atoms with Gasteiger partial charge in [-0.05, 0) is 86.0 Å². The molecule has 276 valence electrons. The van der Waals surface area contributed by atoms with Gasteiger partial charge in [0.25, 0.3) is 0 Å². The zero-order valence-electron chi connectivity index (χ0n) is 33.6. The third-order valence-electron chi connectivity index (χ3n) is 11.5. The number of rotatable bonds is 17. The first-order valence-corrected chi connectivity index (χ1v) is 26.8. The molecule has 1 rings (SSSR count). The highest BCUT2D eigenvalue weighted by atomic mass is 28.4. The molecule has 1 saturated carbocycles. The van der Waals surface area contributed by atoms with E-state index < -0.39 is 25.0 Å². The first kappa shape index (κ1) is 44.2. The maximum Gasteiger partial charge on any atom is 0.305 e. The van der Waals surface area contributed by atoms with E-state index in [4.69, 9.17) is 22.8 Å². The van der Waals surface area contributed by atoms with Gasteiger partial charge in [0.2, 0.25) is 0 Å². The standard InChI is InChI=1S/C37H74O7Si3/c1-28(38)41-26-25-31-30(24-23-29(42-45(12,13)35(2,3)4)21-19-18-20-22-34(39)40-11)32(43-46(14,15)36(5,6)7)27-33(31)44-47(16,17)37(8,9)10/h23-24,29-33H,18-22,25-27H2,1-17H3/b24-23+/t29?,30-,31+,32-,33+/m1/s1. The van der Waals surface area contributed by atoms with Crippen LogP contribution in [0.4, 0.5) is 0 Å². The van der Waals surface area contributed by atoms with Crippen molar-refractivity contribution in [2.45, 2.75) is 187 Å². The summed E-state index contributed by atoms with van der Waals surface area (Å²) in [5, 5.41) is 0.234. The summed E-state index contributed by atoms with van der Waals surface area (Å²) in [6, 6.07) is 0. The van der Waals surface area contributed by atoms with Gasteiger partial charge in [-0.25, -0.2) is 0 Å². The fourth-order valence-corrected chi connectivity index (χ4v) is 9.39. The second kappa shape index (κ2) is 17.4. The molecular weight excluding hydrogens is 641 g/mol. The van der Waals surface area contributed by atoms with Gasteiger partial charge in [-0.3, -0.25) is 9.59 Å². The second-order valence-electron chi connectivity index (χ2n) is 18.4. The Labute approximate surface area is 293 Å². The molecule has 5 atom stereocenters. The van der Waals surface area contributed by atoms with E-state index in [2.05, 4.69) is 114 Å². The molecule has 0 heterocycles. The Bertz CT molecular complexity index is 1020. The predicted molar refractivity (Wildman–Crippen MR) is 203 cm³/mol. The molecule has 10 heteroatoms. The van der Waals surface area contributed by atoms with Gasteiger partial charge < -0.3 is 22.8 Å². The molecule has 0 amide bonds. The highest BCUT2D eigenvalue weighted by Crippen LogP contribution is 2.48. The molecule has 0 aromatic carbocycles. The van der Waals surface area contributed by atoms with E-state index in [1.165, 1.54) is 14.0 Å². The largest absolute Gasteiger partial charge is 0.469 e. The molecular formula is C37H74O7Si3. The SMILES string of the molecule is COC(=O)CCCCCC(/C=C/[C@@H]1[C@H](CCOC(C)=O)[C@@H](O[Si](C)(C)C(C)(C)C)C[C@H]1O[Si](C)(C)C(C)(C)C)O[Si](C)(C)C(C)(C)C. The zero-order valence-corrected chi connectivity index (χ0v) is 36.6. The Hall–Kier alpha value is -0.789. The average molecular weight is 715 g/mol. The number of hydrogen-bond donors (Lipinski definition) is 0. The molecule has 0 N–H and O–H groups in total. The van der Waals surface area contributed by atoms with Crippen molar-refractivity contribution in [3.63, 3.8) is 0 Å². The summed E-state index contributed by atoms with van der Waals surface area (Å²) in [6.45, 7) is 36.4. The summed E-state index contributed by atoms with van der Waals surface area (Å²) >= 11 is 0. The lowest BCUT2D eigenvalue weighted by Crippen LogP contribution is -2.45. The van der Waals surface area contributed by atoms with Crippen molar-refractivity contribution in [2.24, 2.45) is 11.8 Å². The van der Waals surface area contributed by atoms with E-state index in [0.29, 0.717) is 13.0 Å². The molecule has 0 aromatic rings. The van der Waals surface area contributed by atoms with Crippen LogP contribution in [0.5, 0.6) is 0 Å². The van der Waals surface area contributed by atoms with E-state index in [1.54, 1.807) is 0 Å². The minimum absolute atomic E-state index is 0.0119. The van der Waals surface area contributed by atoms with Crippen LogP contribution in [-0.2, 0) is 32.3 Å². The Kier molecular flexibility index (Phi) is 16.4. The molecule has 0 spiro atoms. The highest BCUT2D eigenvalue weighted by molar-refractivity contribution is 6.75. The van der Waals surface area contributed by atoms with Crippen LogP contribution in [0.25, 0.3) is 0 Å². The molecule has 0 aromatic heterocycles. The van der Waals surface area contributed by atoms with Gasteiger partial charge in [-0.2, -0.15) is 0 Å². The quantitative estimate of drug-likeness (QED) is 0.0642. The van der Waals surface area contributed by atoms with Crippen molar-refractivity contribution in [1.29, 1.82) is 0 Å². The highest BCUT2D eigenvalue weighted by Gasteiger charge is 2.51. The molecule has 0 aliphatic heterocycles. The molecule has 0 radical (unpaired) electrons. The number of esters is 2. The smallest absolute Gasteiger partial charge is 0.305 e. The molecule has 47 heavy (non-hydrogen) atoms. The number of hydrogen-bond acceptors (Lipinski definition) is 7. The second-order valence-corrected chi connectivity index (χ2v) is 32.7. The molecule has 1 fully saturated rings. The normalized spacial score (nSPS) is 22.5. The van der Waals surface area contributed by atoms with Gasteiger partial charge in [0, 0.05) is 19.3 Å². The lowest BCUT2D eigenvalue weighted by Gasteiger charge is -2.40. The lowest BCUT2D eigenvalue weighted by molar-refractivity contribution is -0.142. The van der Waals surface area contributed by atoms with E-state index >= 15 is 0 Å². The molecule has 7 nitrogen and oxygen atoms in total. The van der Waals surface area contributed by atoms with E-state index in [9.17, 15) is 9.59 Å². The van der Waals surface area contributed by atoms with Crippen LogP contribution in [0.1, 0.15) is 114 Å². The Morgan fingerprint density at radius 1 is 0.766 bits per heavy atom. The van der Waals surface area contributed by atoms with Gasteiger partial charge in [0.15, 0.2) is 25.0 Å². The summed E-state index contributed by atoms with van der Waals surface area (Å²) < 4.78 is 31.8. The van der Waals surface area contributed by atoms with Crippen molar-refractivity contribution in [2.75, 3.05) is 13.7 Å². The van der Waals surface area contributed by atoms with E-state index in [0.717, 1.165) is 38.5 Å². The van der Waals surface area contributed by atoms with Crippen molar-refractivity contribution < 1.29 is 32.3 Å². The van der Waals surface area contributed by atoms with Crippen LogP contribution >= 0.6 is 0 Å².